The standard InChI is InChI=1S/C19H19N5O4/c1-11-13(23-28-22-11)8-21-17(25)15-14-2-5-19(27-14)10-24(18(26)16(15)19)9-12-3-6-20-7-4-12/h2-7,14-16H,8-10H2,1H3,(H,21,25)/t14-,15+,16+,19+/m1/s1. The first-order valence-electron chi connectivity index (χ1n) is 9.18. The molecule has 1 spiro atoms. The van der Waals surface area contributed by atoms with Gasteiger partial charge in [-0.25, -0.2) is 4.63 Å². The van der Waals surface area contributed by atoms with E-state index in [1.54, 1.807) is 24.2 Å². The van der Waals surface area contributed by atoms with Gasteiger partial charge in [0.1, 0.15) is 17.0 Å². The highest BCUT2D eigenvalue weighted by Crippen LogP contribution is 2.52. The predicted octanol–water partition coefficient (Wildman–Crippen LogP) is 0.371. The van der Waals surface area contributed by atoms with E-state index in [1.807, 2.05) is 24.3 Å². The Kier molecular flexibility index (Phi) is 3.80. The molecular weight excluding hydrogens is 362 g/mol. The monoisotopic (exact) mass is 381 g/mol. The molecule has 3 aliphatic heterocycles. The number of carbonyl (C=O) groups is 2. The molecule has 0 aromatic carbocycles. The Morgan fingerprint density at radius 2 is 2.18 bits per heavy atom. The van der Waals surface area contributed by atoms with E-state index in [1.165, 1.54) is 0 Å². The molecule has 3 aliphatic rings. The molecule has 2 aromatic rings. The second-order valence-electron chi connectivity index (χ2n) is 7.46. The van der Waals surface area contributed by atoms with Crippen LogP contribution in [0.15, 0.2) is 41.3 Å². The van der Waals surface area contributed by atoms with Crippen LogP contribution in [0.5, 0.6) is 0 Å². The van der Waals surface area contributed by atoms with Crippen molar-refractivity contribution >= 4 is 11.8 Å². The van der Waals surface area contributed by atoms with E-state index in [0.29, 0.717) is 24.5 Å². The second kappa shape index (κ2) is 6.23. The average molecular weight is 381 g/mol. The SMILES string of the molecule is Cc1nonc1CNC(=O)[C@@H]1[C@H]2C(=O)N(Cc3ccncc3)C[C@@]23C=C[C@H]1O3. The largest absolute Gasteiger partial charge is 0.360 e. The highest BCUT2D eigenvalue weighted by molar-refractivity contribution is 5.93. The molecule has 4 atom stereocenters. The number of aromatic nitrogens is 3. The number of rotatable bonds is 5. The zero-order chi connectivity index (χ0) is 19.3. The van der Waals surface area contributed by atoms with Crippen LogP contribution in [0.3, 0.4) is 0 Å². The Bertz CT molecular complexity index is 958. The molecule has 2 saturated heterocycles. The summed E-state index contributed by atoms with van der Waals surface area (Å²) >= 11 is 0. The summed E-state index contributed by atoms with van der Waals surface area (Å²) in [6, 6.07) is 3.76. The topological polar surface area (TPSA) is 110 Å². The van der Waals surface area contributed by atoms with Gasteiger partial charge >= 0.3 is 0 Å². The van der Waals surface area contributed by atoms with Gasteiger partial charge in [-0.15, -0.1) is 0 Å². The third kappa shape index (κ3) is 2.54. The summed E-state index contributed by atoms with van der Waals surface area (Å²) in [5.74, 6) is -1.34. The van der Waals surface area contributed by atoms with Gasteiger partial charge in [0.2, 0.25) is 11.8 Å². The lowest BCUT2D eigenvalue weighted by Crippen LogP contribution is -2.44. The Morgan fingerprint density at radius 3 is 2.93 bits per heavy atom. The molecule has 0 aliphatic carbocycles. The molecule has 5 rings (SSSR count). The first kappa shape index (κ1) is 17.1. The lowest BCUT2D eigenvalue weighted by atomic mass is 9.77. The van der Waals surface area contributed by atoms with Crippen LogP contribution < -0.4 is 5.32 Å². The average Bonchev–Trinajstić information content (AvgIpc) is 3.43. The first-order chi connectivity index (χ1) is 13.6. The minimum absolute atomic E-state index is 0.0527. The Morgan fingerprint density at radius 1 is 1.36 bits per heavy atom. The van der Waals surface area contributed by atoms with Crippen LogP contribution in [0.4, 0.5) is 0 Å². The van der Waals surface area contributed by atoms with E-state index in [0.717, 1.165) is 5.56 Å². The number of nitrogens with one attached hydrogen (secondary N) is 1. The zero-order valence-electron chi connectivity index (χ0n) is 15.2. The molecule has 5 heterocycles. The van der Waals surface area contributed by atoms with Crippen molar-refractivity contribution in [2.45, 2.75) is 31.7 Å². The Hall–Kier alpha value is -3.07. The van der Waals surface area contributed by atoms with Crippen LogP contribution in [0.25, 0.3) is 0 Å². The number of hydrogen-bond acceptors (Lipinski definition) is 7. The fourth-order valence-corrected chi connectivity index (χ4v) is 4.42. The van der Waals surface area contributed by atoms with Crippen LogP contribution >= 0.6 is 0 Å². The smallest absolute Gasteiger partial charge is 0.230 e. The molecular formula is C19H19N5O4. The lowest BCUT2D eigenvalue weighted by molar-refractivity contribution is -0.137. The van der Waals surface area contributed by atoms with Crippen molar-refractivity contribution in [3.63, 3.8) is 0 Å². The van der Waals surface area contributed by atoms with Crippen molar-refractivity contribution in [2.75, 3.05) is 6.54 Å². The molecule has 2 aromatic heterocycles. The molecule has 28 heavy (non-hydrogen) atoms. The van der Waals surface area contributed by atoms with E-state index >= 15 is 0 Å². The third-order valence-electron chi connectivity index (χ3n) is 5.78. The molecule has 0 saturated carbocycles. The van der Waals surface area contributed by atoms with Gasteiger partial charge in [-0.3, -0.25) is 14.6 Å². The predicted molar refractivity (Wildman–Crippen MR) is 94.3 cm³/mol. The number of carbonyl (C=O) groups excluding carboxylic acids is 2. The maximum atomic E-state index is 13.2. The number of amides is 2. The van der Waals surface area contributed by atoms with Crippen LogP contribution in [0.2, 0.25) is 0 Å². The Balaban J connectivity index is 1.34. The fraction of sp³-hybridized carbons (Fsp3) is 0.421. The maximum absolute atomic E-state index is 13.2. The third-order valence-corrected chi connectivity index (χ3v) is 5.78. The van der Waals surface area contributed by atoms with Crippen molar-refractivity contribution in [2.24, 2.45) is 11.8 Å². The molecule has 2 fully saturated rings. The summed E-state index contributed by atoms with van der Waals surface area (Å²) in [6.45, 7) is 2.88. The van der Waals surface area contributed by atoms with E-state index in [-0.39, 0.29) is 24.5 Å². The molecule has 0 unspecified atom stereocenters. The van der Waals surface area contributed by atoms with Crippen molar-refractivity contribution in [1.82, 2.24) is 25.5 Å². The highest BCUT2D eigenvalue weighted by atomic mass is 16.6. The summed E-state index contributed by atoms with van der Waals surface area (Å²) in [6.07, 6.45) is 6.87. The minimum atomic E-state index is -0.720. The van der Waals surface area contributed by atoms with E-state index in [4.69, 9.17) is 4.74 Å². The number of fused-ring (bicyclic) bond motifs is 1. The van der Waals surface area contributed by atoms with Crippen LogP contribution in [0, 0.1) is 18.8 Å². The normalized spacial score (nSPS) is 30.1. The first-order valence-corrected chi connectivity index (χ1v) is 9.18. The molecule has 9 nitrogen and oxygen atoms in total. The second-order valence-corrected chi connectivity index (χ2v) is 7.46. The molecule has 2 bridgehead atoms. The van der Waals surface area contributed by atoms with Crippen molar-refractivity contribution in [1.29, 1.82) is 0 Å². The molecule has 144 valence electrons. The van der Waals surface area contributed by atoms with Gasteiger partial charge in [0, 0.05) is 18.9 Å². The number of nitrogens with zero attached hydrogens (tertiary/aromatic N) is 4. The van der Waals surface area contributed by atoms with Crippen molar-refractivity contribution < 1.29 is 19.0 Å². The number of pyridine rings is 1. The van der Waals surface area contributed by atoms with Crippen LogP contribution in [-0.4, -0.2) is 50.3 Å². The summed E-state index contributed by atoms with van der Waals surface area (Å²) < 4.78 is 10.8. The van der Waals surface area contributed by atoms with Crippen LogP contribution in [-0.2, 0) is 27.4 Å². The van der Waals surface area contributed by atoms with Gasteiger partial charge in [-0.1, -0.05) is 22.5 Å². The van der Waals surface area contributed by atoms with Gasteiger partial charge in [0.25, 0.3) is 0 Å². The van der Waals surface area contributed by atoms with Gasteiger partial charge in [0.15, 0.2) is 0 Å². The summed E-state index contributed by atoms with van der Waals surface area (Å²) in [4.78, 5) is 31.8. The fourth-order valence-electron chi connectivity index (χ4n) is 4.42. The summed E-state index contributed by atoms with van der Waals surface area (Å²) in [5, 5.41) is 10.3. The minimum Gasteiger partial charge on any atom is -0.360 e. The molecule has 1 N–H and O–H groups in total. The number of hydrogen-bond donors (Lipinski definition) is 1. The quantitative estimate of drug-likeness (QED) is 0.745. The van der Waals surface area contributed by atoms with Crippen LogP contribution in [0.1, 0.15) is 17.0 Å². The highest BCUT2D eigenvalue weighted by Gasteiger charge is 2.66. The number of likely N-dealkylation sites (tertiary alicyclic amines) is 1. The number of aryl methyl sites for hydroxylation is 1. The maximum Gasteiger partial charge on any atom is 0.230 e. The van der Waals surface area contributed by atoms with Gasteiger partial charge in [-0.05, 0) is 24.6 Å². The molecule has 2 amide bonds. The Labute approximate surface area is 160 Å². The summed E-state index contributed by atoms with van der Waals surface area (Å²) in [5.41, 5.74) is 1.47. The molecule has 0 radical (unpaired) electrons. The van der Waals surface area contributed by atoms with Gasteiger partial charge < -0.3 is 15.0 Å². The molecule has 9 heteroatoms. The zero-order valence-corrected chi connectivity index (χ0v) is 15.2. The van der Waals surface area contributed by atoms with E-state index in [2.05, 4.69) is 25.2 Å². The van der Waals surface area contributed by atoms with Gasteiger partial charge in [-0.2, -0.15) is 0 Å². The summed E-state index contributed by atoms with van der Waals surface area (Å²) in [7, 11) is 0. The lowest BCUT2D eigenvalue weighted by Gasteiger charge is -2.23. The number of ether oxygens (including phenoxy) is 1. The van der Waals surface area contributed by atoms with Crippen molar-refractivity contribution in [3.05, 3.63) is 53.6 Å². The van der Waals surface area contributed by atoms with E-state index < -0.39 is 17.4 Å². The van der Waals surface area contributed by atoms with Gasteiger partial charge in [0.05, 0.1) is 31.0 Å². The van der Waals surface area contributed by atoms with E-state index in [9.17, 15) is 9.59 Å². The van der Waals surface area contributed by atoms with Crippen molar-refractivity contribution in [3.8, 4) is 0 Å².